The first-order chi connectivity index (χ1) is 10.1. The van der Waals surface area contributed by atoms with Gasteiger partial charge < -0.3 is 8.51 Å². The van der Waals surface area contributed by atoms with Crippen LogP contribution in [0.15, 0.2) is 47.3 Å². The highest BCUT2D eigenvalue weighted by molar-refractivity contribution is 14.1. The Bertz CT molecular complexity index is 884. The predicted molar refractivity (Wildman–Crippen MR) is 97.1 cm³/mol. The molecule has 0 atom stereocenters. The number of anilines is 1. The van der Waals surface area contributed by atoms with Gasteiger partial charge in [-0.05, 0) is 37.6 Å². The summed E-state index contributed by atoms with van der Waals surface area (Å²) in [6, 6.07) is 14.0. The minimum atomic E-state index is -0.0512. The van der Waals surface area contributed by atoms with E-state index in [1.54, 1.807) is 0 Å². The molecule has 0 aliphatic heterocycles. The molecule has 0 fully saturated rings. The molecule has 0 unspecified atom stereocenters. The van der Waals surface area contributed by atoms with Gasteiger partial charge in [-0.3, -0.25) is 4.79 Å². The Morgan fingerprint density at radius 1 is 1.10 bits per heavy atom. The van der Waals surface area contributed by atoms with Crippen molar-refractivity contribution < 1.29 is 0 Å². The van der Waals surface area contributed by atoms with Crippen molar-refractivity contribution in [2.75, 3.05) is 3.53 Å². The topological polar surface area (TPSA) is 44.9 Å². The number of H-pyrrole nitrogens is 1. The lowest BCUT2D eigenvalue weighted by molar-refractivity contribution is 1.27. The van der Waals surface area contributed by atoms with Crippen molar-refractivity contribution in [3.63, 3.8) is 0 Å². The summed E-state index contributed by atoms with van der Waals surface area (Å²) in [4.78, 5) is 15.5. The average molecular weight is 390 g/mol. The number of nitrogens with one attached hydrogen (secondary N) is 2. The molecule has 0 aliphatic carbocycles. The zero-order valence-electron chi connectivity index (χ0n) is 11.8. The largest absolute Gasteiger partial charge is 0.328 e. The fourth-order valence-corrected chi connectivity index (χ4v) is 3.15. The first-order valence-electron chi connectivity index (χ1n) is 6.71. The summed E-state index contributed by atoms with van der Waals surface area (Å²) in [5.41, 5.74) is 5.58. The standard InChI is InChI=1S/C17H15IN2O/c1-10-7-8-15(20-18)13(9-10)16-11(2)12-5-3-4-6-14(12)19-17(16)21/h3-9,20H,1-2H3,(H,19,21). The van der Waals surface area contributed by atoms with E-state index in [0.717, 1.165) is 38.8 Å². The molecule has 3 rings (SSSR count). The molecule has 1 aromatic heterocycles. The first-order valence-corrected chi connectivity index (χ1v) is 7.79. The number of aryl methyl sites for hydroxylation is 2. The maximum atomic E-state index is 12.5. The molecule has 0 radical (unpaired) electrons. The van der Waals surface area contributed by atoms with Crippen LogP contribution in [0.25, 0.3) is 22.0 Å². The van der Waals surface area contributed by atoms with Gasteiger partial charge >= 0.3 is 0 Å². The number of rotatable bonds is 2. The van der Waals surface area contributed by atoms with E-state index in [1.165, 1.54) is 0 Å². The van der Waals surface area contributed by atoms with E-state index in [9.17, 15) is 4.79 Å². The van der Waals surface area contributed by atoms with Crippen LogP contribution in [0.4, 0.5) is 5.69 Å². The highest BCUT2D eigenvalue weighted by atomic mass is 127. The van der Waals surface area contributed by atoms with E-state index in [1.807, 2.05) is 56.3 Å². The molecule has 106 valence electrons. The van der Waals surface area contributed by atoms with Gasteiger partial charge in [-0.25, -0.2) is 0 Å². The molecule has 3 aromatic rings. The minimum absolute atomic E-state index is 0.0512. The van der Waals surface area contributed by atoms with Gasteiger partial charge in [0, 0.05) is 16.5 Å². The normalized spacial score (nSPS) is 10.8. The zero-order chi connectivity index (χ0) is 15.0. The van der Waals surface area contributed by atoms with Crippen LogP contribution >= 0.6 is 22.9 Å². The van der Waals surface area contributed by atoms with E-state index in [0.29, 0.717) is 0 Å². The number of hydrogen-bond acceptors (Lipinski definition) is 2. The Kier molecular flexibility index (Phi) is 3.71. The summed E-state index contributed by atoms with van der Waals surface area (Å²) in [6.07, 6.45) is 0. The lowest BCUT2D eigenvalue weighted by atomic mass is 9.96. The van der Waals surface area contributed by atoms with Crippen LogP contribution in [0.2, 0.25) is 0 Å². The minimum Gasteiger partial charge on any atom is -0.328 e. The first kappa shape index (κ1) is 14.1. The highest BCUT2D eigenvalue weighted by Gasteiger charge is 2.14. The molecular weight excluding hydrogens is 375 g/mol. The van der Waals surface area contributed by atoms with Crippen molar-refractivity contribution in [2.45, 2.75) is 13.8 Å². The molecular formula is C17H15IN2O. The number of benzene rings is 2. The Morgan fingerprint density at radius 3 is 2.62 bits per heavy atom. The van der Waals surface area contributed by atoms with Gasteiger partial charge in [-0.1, -0.05) is 29.8 Å². The van der Waals surface area contributed by atoms with Gasteiger partial charge in [-0.15, -0.1) is 0 Å². The lowest BCUT2D eigenvalue weighted by Crippen LogP contribution is -2.12. The molecule has 0 spiro atoms. The number of hydrogen-bond donors (Lipinski definition) is 2. The Labute approximate surface area is 136 Å². The molecule has 0 saturated carbocycles. The molecule has 3 nitrogen and oxygen atoms in total. The van der Waals surface area contributed by atoms with E-state index < -0.39 is 0 Å². The third-order valence-corrected chi connectivity index (χ3v) is 4.31. The third kappa shape index (κ3) is 2.44. The van der Waals surface area contributed by atoms with Gasteiger partial charge in [0.05, 0.1) is 34.1 Å². The summed E-state index contributed by atoms with van der Waals surface area (Å²) < 4.78 is 3.14. The maximum absolute atomic E-state index is 12.5. The summed E-state index contributed by atoms with van der Waals surface area (Å²) in [5.74, 6) is 0. The second kappa shape index (κ2) is 5.52. The van der Waals surface area contributed by atoms with Crippen LogP contribution in [0.3, 0.4) is 0 Å². The van der Waals surface area contributed by atoms with Gasteiger partial charge in [0.1, 0.15) is 0 Å². The van der Waals surface area contributed by atoms with E-state index in [2.05, 4.69) is 31.4 Å². The summed E-state index contributed by atoms with van der Waals surface area (Å²) >= 11 is 2.10. The van der Waals surface area contributed by atoms with E-state index in [4.69, 9.17) is 0 Å². The third-order valence-electron chi connectivity index (χ3n) is 3.73. The van der Waals surface area contributed by atoms with Crippen LogP contribution in [0, 0.1) is 13.8 Å². The van der Waals surface area contributed by atoms with Crippen LogP contribution in [0.5, 0.6) is 0 Å². The SMILES string of the molecule is Cc1ccc(NI)c(-c2c(C)c3ccccc3[nH]c2=O)c1. The number of halogens is 1. The molecule has 0 bridgehead atoms. The molecule has 1 heterocycles. The average Bonchev–Trinajstić information content (AvgIpc) is 2.47. The molecule has 4 heteroatoms. The molecule has 21 heavy (non-hydrogen) atoms. The smallest absolute Gasteiger partial charge is 0.256 e. The maximum Gasteiger partial charge on any atom is 0.256 e. The molecule has 0 amide bonds. The van der Waals surface area contributed by atoms with Crippen LogP contribution in [0.1, 0.15) is 11.1 Å². The summed E-state index contributed by atoms with van der Waals surface area (Å²) in [5, 5.41) is 1.08. The van der Waals surface area contributed by atoms with Crippen molar-refractivity contribution >= 4 is 39.5 Å². The molecule has 2 N–H and O–H groups in total. The summed E-state index contributed by atoms with van der Waals surface area (Å²) in [7, 11) is 0. The van der Waals surface area contributed by atoms with Crippen LogP contribution in [-0.4, -0.2) is 4.98 Å². The van der Waals surface area contributed by atoms with Crippen molar-refractivity contribution in [3.8, 4) is 11.1 Å². The van der Waals surface area contributed by atoms with Gasteiger partial charge in [-0.2, -0.15) is 0 Å². The Morgan fingerprint density at radius 2 is 1.86 bits per heavy atom. The molecule has 0 saturated heterocycles. The quantitative estimate of drug-likeness (QED) is 0.497. The fourth-order valence-electron chi connectivity index (χ4n) is 2.68. The number of fused-ring (bicyclic) bond motifs is 1. The van der Waals surface area contributed by atoms with E-state index in [-0.39, 0.29) is 5.56 Å². The lowest BCUT2D eigenvalue weighted by Gasteiger charge is -2.13. The molecule has 0 aliphatic rings. The second-order valence-corrected chi connectivity index (χ2v) is 5.68. The number of pyridine rings is 1. The van der Waals surface area contributed by atoms with Gasteiger partial charge in [0.2, 0.25) is 0 Å². The number of aromatic amines is 1. The van der Waals surface area contributed by atoms with Gasteiger partial charge in [0.25, 0.3) is 5.56 Å². The van der Waals surface area contributed by atoms with Crippen molar-refractivity contribution in [3.05, 3.63) is 63.9 Å². The zero-order valence-corrected chi connectivity index (χ0v) is 14.0. The number of para-hydroxylation sites is 1. The second-order valence-electron chi connectivity index (χ2n) is 5.14. The van der Waals surface area contributed by atoms with E-state index >= 15 is 0 Å². The predicted octanol–water partition coefficient (Wildman–Crippen LogP) is 4.57. The van der Waals surface area contributed by atoms with Gasteiger partial charge in [0.15, 0.2) is 0 Å². The van der Waals surface area contributed by atoms with Crippen LogP contribution in [-0.2, 0) is 0 Å². The fraction of sp³-hybridized carbons (Fsp3) is 0.118. The Hall–Kier alpha value is -1.82. The number of aromatic nitrogens is 1. The van der Waals surface area contributed by atoms with Crippen LogP contribution < -0.4 is 9.09 Å². The van der Waals surface area contributed by atoms with Crippen molar-refractivity contribution in [1.82, 2.24) is 4.98 Å². The summed E-state index contributed by atoms with van der Waals surface area (Å²) in [6.45, 7) is 4.04. The molecule has 2 aromatic carbocycles. The highest BCUT2D eigenvalue weighted by Crippen LogP contribution is 2.32. The monoisotopic (exact) mass is 390 g/mol. The Balaban J connectivity index is 2.40. The van der Waals surface area contributed by atoms with Crippen molar-refractivity contribution in [2.24, 2.45) is 0 Å². The van der Waals surface area contributed by atoms with Crippen molar-refractivity contribution in [1.29, 1.82) is 0 Å².